The van der Waals surface area contributed by atoms with Crippen molar-refractivity contribution in [2.24, 2.45) is 0 Å². The van der Waals surface area contributed by atoms with E-state index in [1.54, 1.807) is 0 Å². The maximum atomic E-state index is 5.43. The minimum atomic E-state index is 0.370. The van der Waals surface area contributed by atoms with Crippen LogP contribution in [-0.2, 0) is 17.7 Å². The van der Waals surface area contributed by atoms with Gasteiger partial charge in [0.25, 0.3) is 0 Å². The summed E-state index contributed by atoms with van der Waals surface area (Å²) in [5.74, 6) is 0. The van der Waals surface area contributed by atoms with Crippen LogP contribution in [0.15, 0.2) is 47.5 Å². The number of ether oxygens (including phenoxy) is 1. The molecule has 5 nitrogen and oxygen atoms in total. The lowest BCUT2D eigenvalue weighted by molar-refractivity contribution is 0.0371. The highest BCUT2D eigenvalue weighted by Crippen LogP contribution is 2.28. The minimum absolute atomic E-state index is 0.370. The zero-order valence-corrected chi connectivity index (χ0v) is 18.9. The number of nitrogens with one attached hydrogen (secondary N) is 1. The summed E-state index contributed by atoms with van der Waals surface area (Å²) < 4.78 is 7.78. The molecular weight excluding hydrogens is 392 g/mol. The van der Waals surface area contributed by atoms with Gasteiger partial charge in [-0.25, -0.2) is 4.31 Å². The molecule has 1 unspecified atom stereocenters. The summed E-state index contributed by atoms with van der Waals surface area (Å²) in [6, 6.07) is 13.6. The Labute approximate surface area is 185 Å². The number of aromatic nitrogens is 1. The highest BCUT2D eigenvalue weighted by atomic mass is 32.2. The molecule has 1 atom stereocenters. The van der Waals surface area contributed by atoms with Gasteiger partial charge in [0.1, 0.15) is 0 Å². The molecule has 2 aromatic rings. The van der Waals surface area contributed by atoms with Crippen LogP contribution in [-0.4, -0.2) is 60.6 Å². The molecule has 1 N–H and O–H groups in total. The molecule has 1 saturated heterocycles. The summed E-state index contributed by atoms with van der Waals surface area (Å²) in [5.41, 5.74) is 3.99. The molecule has 30 heavy (non-hydrogen) atoms. The Kier molecular flexibility index (Phi) is 8.17. The van der Waals surface area contributed by atoms with Crippen LogP contribution in [0.1, 0.15) is 42.1 Å². The first-order chi connectivity index (χ1) is 14.8. The highest BCUT2D eigenvalue weighted by molar-refractivity contribution is 7.97. The van der Waals surface area contributed by atoms with E-state index in [0.717, 1.165) is 52.4 Å². The molecule has 0 spiro atoms. The fourth-order valence-electron chi connectivity index (χ4n) is 4.33. The van der Waals surface area contributed by atoms with Gasteiger partial charge in [0.2, 0.25) is 0 Å². The van der Waals surface area contributed by atoms with Gasteiger partial charge in [-0.05, 0) is 80.5 Å². The van der Waals surface area contributed by atoms with Crippen molar-refractivity contribution in [1.82, 2.24) is 19.5 Å². The molecule has 0 bridgehead atoms. The van der Waals surface area contributed by atoms with Crippen molar-refractivity contribution in [1.29, 1.82) is 0 Å². The third-order valence-electron chi connectivity index (χ3n) is 5.96. The number of hydrogen-bond donors (Lipinski definition) is 1. The van der Waals surface area contributed by atoms with Crippen LogP contribution in [0.4, 0.5) is 0 Å². The van der Waals surface area contributed by atoms with E-state index in [1.807, 2.05) is 18.1 Å². The number of benzene rings is 1. The molecule has 0 radical (unpaired) electrons. The van der Waals surface area contributed by atoms with E-state index < -0.39 is 0 Å². The summed E-state index contributed by atoms with van der Waals surface area (Å²) in [5, 5.41) is 3.74. The van der Waals surface area contributed by atoms with Crippen LogP contribution < -0.4 is 5.32 Å². The van der Waals surface area contributed by atoms with Crippen molar-refractivity contribution in [3.05, 3.63) is 59.4 Å². The Morgan fingerprint density at radius 2 is 2.13 bits per heavy atom. The first kappa shape index (κ1) is 21.8. The van der Waals surface area contributed by atoms with Crippen molar-refractivity contribution < 1.29 is 4.74 Å². The van der Waals surface area contributed by atoms with Crippen LogP contribution in [0.2, 0.25) is 0 Å². The third-order valence-corrected chi connectivity index (χ3v) is 6.92. The monoisotopic (exact) mass is 426 g/mol. The number of aryl methyl sites for hydroxylation is 1. The molecule has 4 rings (SSSR count). The summed E-state index contributed by atoms with van der Waals surface area (Å²) in [7, 11) is 2.19. The second-order valence-corrected chi connectivity index (χ2v) is 9.55. The lowest BCUT2D eigenvalue weighted by atomic mass is 9.92. The maximum Gasteiger partial charge on any atom is 0.0605 e. The molecule has 6 heteroatoms. The molecule has 2 heterocycles. The normalized spacial score (nSPS) is 19.7. The Bertz CT molecular complexity index is 796. The van der Waals surface area contributed by atoms with E-state index in [4.69, 9.17) is 4.74 Å². The van der Waals surface area contributed by atoms with Crippen LogP contribution >= 0.6 is 11.9 Å². The van der Waals surface area contributed by atoms with E-state index in [1.165, 1.54) is 41.0 Å². The number of hydrogen-bond acceptors (Lipinski definition) is 6. The number of fused-ring (bicyclic) bond motifs is 1. The second kappa shape index (κ2) is 11.3. The summed E-state index contributed by atoms with van der Waals surface area (Å²) in [6.45, 7) is 7.06. The van der Waals surface area contributed by atoms with E-state index in [2.05, 4.69) is 63.0 Å². The third kappa shape index (κ3) is 6.28. The van der Waals surface area contributed by atoms with Gasteiger partial charge in [-0.1, -0.05) is 18.2 Å². The first-order valence-electron chi connectivity index (χ1n) is 11.2. The lowest BCUT2D eigenvalue weighted by Crippen LogP contribution is -2.37. The van der Waals surface area contributed by atoms with Crippen molar-refractivity contribution >= 4 is 11.9 Å². The topological polar surface area (TPSA) is 40.6 Å². The average Bonchev–Trinajstić information content (AvgIpc) is 2.78. The molecule has 162 valence electrons. The summed E-state index contributed by atoms with van der Waals surface area (Å²) >= 11 is 1.84. The number of morpholine rings is 1. The van der Waals surface area contributed by atoms with Crippen molar-refractivity contribution in [2.75, 3.05) is 46.4 Å². The average molecular weight is 427 g/mol. The number of pyridine rings is 1. The molecule has 0 amide bonds. The fraction of sp³-hybridized carbons (Fsp3) is 0.542. The molecule has 1 aliphatic heterocycles. The van der Waals surface area contributed by atoms with Crippen molar-refractivity contribution in [2.45, 2.75) is 43.2 Å². The molecule has 1 aromatic heterocycles. The Balaban J connectivity index is 1.24. The van der Waals surface area contributed by atoms with Crippen molar-refractivity contribution in [3.8, 4) is 0 Å². The Morgan fingerprint density at radius 3 is 3.03 bits per heavy atom. The van der Waals surface area contributed by atoms with Gasteiger partial charge < -0.3 is 10.1 Å². The molecule has 2 aliphatic rings. The molecular formula is C24H34N4OS. The summed E-state index contributed by atoms with van der Waals surface area (Å²) in [6.07, 6.45) is 6.68. The number of rotatable bonds is 9. The zero-order chi connectivity index (χ0) is 20.6. The van der Waals surface area contributed by atoms with Gasteiger partial charge >= 0.3 is 0 Å². The highest BCUT2D eigenvalue weighted by Gasteiger charge is 2.20. The van der Waals surface area contributed by atoms with Crippen LogP contribution in [0.25, 0.3) is 0 Å². The van der Waals surface area contributed by atoms with E-state index in [-0.39, 0.29) is 0 Å². The van der Waals surface area contributed by atoms with Gasteiger partial charge in [-0.3, -0.25) is 9.88 Å². The maximum absolute atomic E-state index is 5.43. The Hall–Kier alpha value is -1.44. The predicted molar refractivity (Wildman–Crippen MR) is 124 cm³/mol. The van der Waals surface area contributed by atoms with Gasteiger partial charge in [0, 0.05) is 37.3 Å². The van der Waals surface area contributed by atoms with Crippen LogP contribution in [0.5, 0.6) is 0 Å². The predicted octanol–water partition coefficient (Wildman–Crippen LogP) is 3.91. The van der Waals surface area contributed by atoms with Gasteiger partial charge in [-0.2, -0.15) is 0 Å². The Morgan fingerprint density at radius 1 is 1.23 bits per heavy atom. The summed E-state index contributed by atoms with van der Waals surface area (Å²) in [4.78, 5) is 8.47. The van der Waals surface area contributed by atoms with Crippen molar-refractivity contribution in [3.63, 3.8) is 0 Å². The van der Waals surface area contributed by atoms with E-state index in [9.17, 15) is 0 Å². The molecule has 1 aromatic carbocycles. The molecule has 1 aliphatic carbocycles. The smallest absolute Gasteiger partial charge is 0.0605 e. The van der Waals surface area contributed by atoms with E-state index in [0.29, 0.717) is 6.04 Å². The number of nitrogens with zero attached hydrogens (tertiary/aromatic N) is 3. The van der Waals surface area contributed by atoms with Gasteiger partial charge in [0.15, 0.2) is 0 Å². The molecule has 1 fully saturated rings. The second-order valence-electron chi connectivity index (χ2n) is 8.27. The quantitative estimate of drug-likeness (QED) is 0.613. The molecule has 0 saturated carbocycles. The first-order valence-corrected chi connectivity index (χ1v) is 12.0. The zero-order valence-electron chi connectivity index (χ0n) is 18.1. The minimum Gasteiger partial charge on any atom is -0.379 e. The fourth-order valence-corrected chi connectivity index (χ4v) is 5.25. The lowest BCUT2D eigenvalue weighted by Gasteiger charge is -2.27. The van der Waals surface area contributed by atoms with Crippen LogP contribution in [0.3, 0.4) is 0 Å². The van der Waals surface area contributed by atoms with Crippen LogP contribution in [0, 0.1) is 0 Å². The SMILES string of the molecule is CN(CCCN1CCOCC1)Sc1cccc(CNC2CCCc3cccnc32)c1. The largest absolute Gasteiger partial charge is 0.379 e. The standard InChI is InChI=1S/C24H34N4OS/c1-27(12-5-13-28-14-16-29-17-15-28)30-22-9-2-6-20(18-22)19-26-23-10-3-7-21-8-4-11-25-24(21)23/h2,4,6,8-9,11,18,23,26H,3,5,7,10,12-17,19H2,1H3. The van der Waals surface area contributed by atoms with Gasteiger partial charge in [0.05, 0.1) is 24.9 Å². The van der Waals surface area contributed by atoms with Gasteiger partial charge in [-0.15, -0.1) is 0 Å². The van der Waals surface area contributed by atoms with E-state index >= 15 is 0 Å².